The minimum atomic E-state index is -1.05. The molecule has 0 saturated heterocycles. The average molecular weight is 688 g/mol. The van der Waals surface area contributed by atoms with Gasteiger partial charge in [0.1, 0.15) is 22.4 Å². The van der Waals surface area contributed by atoms with Gasteiger partial charge in [-0.15, -0.1) is 11.8 Å². The highest BCUT2D eigenvalue weighted by molar-refractivity contribution is 8.00. The lowest BCUT2D eigenvalue weighted by Crippen LogP contribution is -2.30. The van der Waals surface area contributed by atoms with Gasteiger partial charge in [0.15, 0.2) is 0 Å². The van der Waals surface area contributed by atoms with Crippen molar-refractivity contribution in [1.82, 2.24) is 5.32 Å². The fourth-order valence-corrected chi connectivity index (χ4v) is 5.83. The summed E-state index contributed by atoms with van der Waals surface area (Å²) < 4.78 is 10.8. The van der Waals surface area contributed by atoms with E-state index < -0.39 is 23.0 Å². The SMILES string of the molecule is COc1ccc(OC)c(/C=C(\NC(=O)c2ccccc2)C(=O)Nc2ccc(SC(C(=O)Nc3ccc(C(=O)O)cc3)c3ccccc3)cc2)c1. The van der Waals surface area contributed by atoms with Gasteiger partial charge in [-0.3, -0.25) is 14.4 Å². The molecule has 5 aromatic rings. The number of ether oxygens (including phenoxy) is 2. The van der Waals surface area contributed by atoms with Gasteiger partial charge in [0, 0.05) is 27.4 Å². The van der Waals surface area contributed by atoms with Crippen LogP contribution < -0.4 is 25.4 Å². The summed E-state index contributed by atoms with van der Waals surface area (Å²) in [7, 11) is 3.03. The maximum Gasteiger partial charge on any atom is 0.335 e. The maximum absolute atomic E-state index is 13.6. The molecule has 0 bridgehead atoms. The van der Waals surface area contributed by atoms with Gasteiger partial charge in [0.25, 0.3) is 11.8 Å². The molecule has 0 saturated carbocycles. The zero-order valence-corrected chi connectivity index (χ0v) is 27.9. The van der Waals surface area contributed by atoms with Gasteiger partial charge in [-0.2, -0.15) is 0 Å². The van der Waals surface area contributed by atoms with Crippen LogP contribution in [-0.4, -0.2) is 43.0 Å². The third-order valence-electron chi connectivity index (χ3n) is 7.37. The first-order valence-corrected chi connectivity index (χ1v) is 16.2. The Morgan fingerprint density at radius 2 is 1.32 bits per heavy atom. The molecule has 10 nitrogen and oxygen atoms in total. The van der Waals surface area contributed by atoms with E-state index >= 15 is 0 Å². The summed E-state index contributed by atoms with van der Waals surface area (Å²) in [6.07, 6.45) is 1.51. The highest BCUT2D eigenvalue weighted by Crippen LogP contribution is 2.37. The summed E-state index contributed by atoms with van der Waals surface area (Å²) in [5.74, 6) is -1.38. The normalized spacial score (nSPS) is 11.5. The standard InChI is InChI=1S/C39H33N3O7S/c1-48-31-19-22-34(49-2)28(23-31)24-33(42-36(43)26-11-7-4-8-12-26)37(44)40-30-17-20-32(21-18-30)50-35(25-9-5-3-6-10-25)38(45)41-29-15-13-27(14-16-29)39(46)47/h3-24,35H,1-2H3,(H,40,44)(H,41,45)(H,42,43)(H,46,47)/b33-24-. The number of benzene rings is 5. The molecule has 0 aliphatic heterocycles. The number of amides is 3. The summed E-state index contributed by atoms with van der Waals surface area (Å²) in [5.41, 5.74) is 2.67. The Hall–Kier alpha value is -6.33. The van der Waals surface area contributed by atoms with Crippen LogP contribution >= 0.6 is 11.8 Å². The molecule has 0 heterocycles. The molecule has 3 amide bonds. The molecule has 4 N–H and O–H groups in total. The number of carbonyl (C=O) groups excluding carboxylic acids is 3. The van der Waals surface area contributed by atoms with Crippen LogP contribution in [0.2, 0.25) is 0 Å². The molecule has 5 rings (SSSR count). The molecule has 1 atom stereocenters. The van der Waals surface area contributed by atoms with Gasteiger partial charge in [0.05, 0.1) is 19.8 Å². The summed E-state index contributed by atoms with van der Waals surface area (Å²) in [5, 5.41) is 17.0. The van der Waals surface area contributed by atoms with Crippen LogP contribution in [0.4, 0.5) is 11.4 Å². The van der Waals surface area contributed by atoms with Crippen molar-refractivity contribution in [2.75, 3.05) is 24.9 Å². The van der Waals surface area contributed by atoms with Gasteiger partial charge in [0.2, 0.25) is 5.91 Å². The zero-order valence-electron chi connectivity index (χ0n) is 27.1. The number of rotatable bonds is 13. The van der Waals surface area contributed by atoms with E-state index in [1.165, 1.54) is 44.2 Å². The molecule has 1 unspecified atom stereocenters. The highest BCUT2D eigenvalue weighted by atomic mass is 32.2. The topological polar surface area (TPSA) is 143 Å². The van der Waals surface area contributed by atoms with Gasteiger partial charge < -0.3 is 30.5 Å². The van der Waals surface area contributed by atoms with Crippen LogP contribution in [0.3, 0.4) is 0 Å². The minimum absolute atomic E-state index is 0.0268. The second kappa shape index (κ2) is 16.7. The van der Waals surface area contributed by atoms with E-state index in [4.69, 9.17) is 9.47 Å². The molecular formula is C39H33N3O7S. The van der Waals surface area contributed by atoms with E-state index in [1.807, 2.05) is 30.3 Å². The van der Waals surface area contributed by atoms with E-state index in [2.05, 4.69) is 16.0 Å². The first-order chi connectivity index (χ1) is 24.2. The van der Waals surface area contributed by atoms with Crippen LogP contribution in [0.15, 0.2) is 138 Å². The Kier molecular flexibility index (Phi) is 11.7. The number of thioether (sulfide) groups is 1. The Balaban J connectivity index is 1.35. The second-order valence-corrected chi connectivity index (χ2v) is 11.9. The van der Waals surface area contributed by atoms with E-state index in [0.717, 1.165) is 10.5 Å². The number of nitrogens with one attached hydrogen (secondary N) is 3. The number of carboxylic acids is 1. The van der Waals surface area contributed by atoms with Crippen LogP contribution in [0.25, 0.3) is 6.08 Å². The molecule has 0 spiro atoms. The van der Waals surface area contributed by atoms with Crippen LogP contribution in [-0.2, 0) is 9.59 Å². The lowest BCUT2D eigenvalue weighted by Gasteiger charge is -2.18. The molecule has 0 radical (unpaired) electrons. The number of hydrogen-bond donors (Lipinski definition) is 4. The fourth-order valence-electron chi connectivity index (χ4n) is 4.81. The van der Waals surface area contributed by atoms with Crippen molar-refractivity contribution in [3.8, 4) is 11.5 Å². The monoisotopic (exact) mass is 687 g/mol. The summed E-state index contributed by atoms with van der Waals surface area (Å²) in [6, 6.07) is 35.8. The van der Waals surface area contributed by atoms with Crippen LogP contribution in [0, 0.1) is 0 Å². The van der Waals surface area contributed by atoms with Gasteiger partial charge in [-0.05, 0) is 90.5 Å². The van der Waals surface area contributed by atoms with Gasteiger partial charge in [-0.1, -0.05) is 48.5 Å². The number of carboxylic acid groups (broad SMARTS) is 1. The second-order valence-electron chi connectivity index (χ2n) is 10.7. The van der Waals surface area contributed by atoms with Crippen molar-refractivity contribution >= 4 is 52.9 Å². The summed E-state index contributed by atoms with van der Waals surface area (Å²) >= 11 is 1.31. The van der Waals surface area contributed by atoms with E-state index in [0.29, 0.717) is 34.0 Å². The van der Waals surface area contributed by atoms with Crippen molar-refractivity contribution in [2.45, 2.75) is 10.1 Å². The molecule has 0 fully saturated rings. The Bertz CT molecular complexity index is 2000. The van der Waals surface area contributed by atoms with Gasteiger partial charge in [-0.25, -0.2) is 4.79 Å². The molecule has 50 heavy (non-hydrogen) atoms. The van der Waals surface area contributed by atoms with Crippen molar-refractivity contribution < 1.29 is 33.8 Å². The first kappa shape index (κ1) is 35.0. The highest BCUT2D eigenvalue weighted by Gasteiger charge is 2.23. The van der Waals surface area contributed by atoms with Crippen LogP contribution in [0.5, 0.6) is 11.5 Å². The number of anilines is 2. The molecule has 0 aliphatic carbocycles. The lowest BCUT2D eigenvalue weighted by molar-refractivity contribution is -0.116. The van der Waals surface area contributed by atoms with E-state index in [1.54, 1.807) is 84.9 Å². The van der Waals surface area contributed by atoms with E-state index in [-0.39, 0.29) is 17.2 Å². The molecule has 0 aliphatic rings. The first-order valence-electron chi connectivity index (χ1n) is 15.3. The number of methoxy groups -OCH3 is 2. The molecule has 0 aromatic heterocycles. The van der Waals surface area contributed by atoms with Gasteiger partial charge >= 0.3 is 5.97 Å². The fraction of sp³-hybridized carbons (Fsp3) is 0.0769. The van der Waals surface area contributed by atoms with Crippen LogP contribution in [0.1, 0.15) is 37.1 Å². The predicted molar refractivity (Wildman–Crippen MR) is 194 cm³/mol. The Morgan fingerprint density at radius 3 is 1.94 bits per heavy atom. The Labute approximate surface area is 293 Å². The Morgan fingerprint density at radius 1 is 0.700 bits per heavy atom. The lowest BCUT2D eigenvalue weighted by atomic mass is 10.1. The van der Waals surface area contributed by atoms with Crippen molar-refractivity contribution in [1.29, 1.82) is 0 Å². The number of hydrogen-bond acceptors (Lipinski definition) is 7. The average Bonchev–Trinajstić information content (AvgIpc) is 3.15. The van der Waals surface area contributed by atoms with Crippen molar-refractivity contribution in [3.63, 3.8) is 0 Å². The number of aromatic carboxylic acids is 1. The third-order valence-corrected chi connectivity index (χ3v) is 8.64. The third kappa shape index (κ3) is 9.18. The largest absolute Gasteiger partial charge is 0.497 e. The molecule has 5 aromatic carbocycles. The summed E-state index contributed by atoms with van der Waals surface area (Å²) in [4.78, 5) is 52.2. The predicted octanol–water partition coefficient (Wildman–Crippen LogP) is 7.28. The maximum atomic E-state index is 13.6. The van der Waals surface area contributed by atoms with E-state index in [9.17, 15) is 24.3 Å². The van der Waals surface area contributed by atoms with Crippen molar-refractivity contribution in [2.24, 2.45) is 0 Å². The minimum Gasteiger partial charge on any atom is -0.497 e. The number of carbonyl (C=O) groups is 4. The zero-order chi connectivity index (χ0) is 35.5. The quantitative estimate of drug-likeness (QED) is 0.0747. The molecule has 11 heteroatoms. The molecular weight excluding hydrogens is 655 g/mol. The molecule has 252 valence electrons. The van der Waals surface area contributed by atoms with Crippen molar-refractivity contribution in [3.05, 3.63) is 155 Å². The summed E-state index contributed by atoms with van der Waals surface area (Å²) in [6.45, 7) is 0. The smallest absolute Gasteiger partial charge is 0.335 e.